The van der Waals surface area contributed by atoms with Gasteiger partial charge in [0.2, 0.25) is 23.6 Å². The second-order valence-electron chi connectivity index (χ2n) is 10.8. The van der Waals surface area contributed by atoms with Crippen LogP contribution in [0, 0.1) is 0 Å². The van der Waals surface area contributed by atoms with E-state index in [9.17, 15) is 28.8 Å². The summed E-state index contributed by atoms with van der Waals surface area (Å²) in [5, 5.41) is 0.740. The number of hydrogen-bond donors (Lipinski definition) is 0. The van der Waals surface area contributed by atoms with Crippen molar-refractivity contribution in [3.8, 4) is 11.5 Å². The van der Waals surface area contributed by atoms with Crippen LogP contribution in [0.4, 0.5) is 0 Å². The van der Waals surface area contributed by atoms with Gasteiger partial charge in [-0.25, -0.2) is 9.80 Å². The molecule has 0 bridgehead atoms. The third-order valence-electron chi connectivity index (χ3n) is 7.48. The van der Waals surface area contributed by atoms with Crippen molar-refractivity contribution in [2.24, 2.45) is 0 Å². The SMILES string of the molecule is CC(=O)OC(Oc1ccc(Cl)cc1Cl)N1C(=O)CN(C(C)C(C)N2CC(=O)N(C(OC(C)=O)Oc3ccc(Cl)cc3Cl)C(=O)C2)CC1=O. The molecule has 2 aliphatic rings. The molecule has 0 N–H and O–H groups in total. The number of amides is 4. The van der Waals surface area contributed by atoms with Crippen molar-refractivity contribution in [2.75, 3.05) is 26.2 Å². The average molecular weight is 748 g/mol. The highest BCUT2D eigenvalue weighted by Crippen LogP contribution is 2.31. The second kappa shape index (κ2) is 15.7. The molecule has 0 aromatic heterocycles. The van der Waals surface area contributed by atoms with Crippen LogP contribution in [-0.4, -0.2) is 106 Å². The fourth-order valence-corrected chi connectivity index (χ4v) is 5.85. The normalized spacial score (nSPS) is 18.7. The standard InChI is InChI=1S/C30H30Cl4N4O10/c1-15(35-11-25(41)37(26(42)12-35)29(45-17(3)39)47-23-7-5-19(31)9-21(23)33)16(2)36-13-27(43)38(28(44)14-36)30(46-18(4)40)48-24-8-6-20(32)10-22(24)34/h5-10,15-16,29-30H,11-14H2,1-4H3. The summed E-state index contributed by atoms with van der Waals surface area (Å²) in [6.45, 7) is 4.45. The Balaban J connectivity index is 1.44. The molecule has 4 rings (SSSR count). The summed E-state index contributed by atoms with van der Waals surface area (Å²) in [4.78, 5) is 81.4. The predicted molar refractivity (Wildman–Crippen MR) is 171 cm³/mol. The molecule has 2 aromatic carbocycles. The number of hydrogen-bond acceptors (Lipinski definition) is 12. The lowest BCUT2D eigenvalue weighted by Crippen LogP contribution is -2.65. The zero-order chi connectivity index (χ0) is 35.4. The van der Waals surface area contributed by atoms with Crippen LogP contribution in [0.3, 0.4) is 0 Å². The first kappa shape index (κ1) is 37.2. The lowest BCUT2D eigenvalue weighted by molar-refractivity contribution is -0.206. The molecule has 0 spiro atoms. The predicted octanol–water partition coefficient (Wildman–Crippen LogP) is 3.57. The third-order valence-corrected chi connectivity index (χ3v) is 8.54. The maximum absolute atomic E-state index is 13.3. The van der Waals surface area contributed by atoms with E-state index in [2.05, 4.69) is 0 Å². The number of benzene rings is 2. The fourth-order valence-electron chi connectivity index (χ4n) is 4.95. The van der Waals surface area contributed by atoms with E-state index < -0.39 is 60.5 Å². The molecule has 48 heavy (non-hydrogen) atoms. The minimum Gasteiger partial charge on any atom is -0.435 e. The Bertz CT molecular complexity index is 1470. The van der Waals surface area contributed by atoms with Gasteiger partial charge in [0.15, 0.2) is 0 Å². The van der Waals surface area contributed by atoms with Crippen molar-refractivity contribution >= 4 is 82.0 Å². The number of carbonyl (C=O) groups is 6. The lowest BCUT2D eigenvalue weighted by Gasteiger charge is -2.44. The Hall–Kier alpha value is -3.66. The van der Waals surface area contributed by atoms with E-state index in [-0.39, 0.29) is 47.7 Å². The second-order valence-corrected chi connectivity index (χ2v) is 12.5. The van der Waals surface area contributed by atoms with Crippen LogP contribution in [-0.2, 0) is 38.2 Å². The molecule has 4 unspecified atom stereocenters. The van der Waals surface area contributed by atoms with Crippen LogP contribution < -0.4 is 9.47 Å². The highest BCUT2D eigenvalue weighted by Gasteiger charge is 2.45. The molecule has 4 amide bonds. The molecule has 2 saturated heterocycles. The molecular weight excluding hydrogens is 718 g/mol. The number of imide groups is 2. The molecule has 14 nitrogen and oxygen atoms in total. The molecule has 2 aliphatic heterocycles. The Kier molecular flexibility index (Phi) is 12.2. The van der Waals surface area contributed by atoms with Crippen molar-refractivity contribution < 1.29 is 47.7 Å². The summed E-state index contributed by atoms with van der Waals surface area (Å²) < 4.78 is 21.6. The van der Waals surface area contributed by atoms with Gasteiger partial charge in [-0.05, 0) is 50.2 Å². The van der Waals surface area contributed by atoms with Gasteiger partial charge in [0.25, 0.3) is 0 Å². The topological polar surface area (TPSA) is 152 Å². The molecule has 2 fully saturated rings. The molecule has 18 heteroatoms. The minimum atomic E-state index is -1.74. The zero-order valence-corrected chi connectivity index (χ0v) is 29.0. The van der Waals surface area contributed by atoms with Crippen molar-refractivity contribution in [1.82, 2.24) is 19.6 Å². The summed E-state index contributed by atoms with van der Waals surface area (Å²) in [5.74, 6) is -4.54. The Morgan fingerprint density at radius 3 is 1.19 bits per heavy atom. The van der Waals surface area contributed by atoms with Gasteiger partial charge in [0.05, 0.1) is 36.2 Å². The van der Waals surface area contributed by atoms with Crippen LogP contribution in [0.5, 0.6) is 11.5 Å². The summed E-state index contributed by atoms with van der Waals surface area (Å²) in [6.07, 6.45) is -3.48. The average Bonchev–Trinajstić information content (AvgIpc) is 2.97. The third kappa shape index (κ3) is 8.87. The van der Waals surface area contributed by atoms with Gasteiger partial charge in [0.1, 0.15) is 11.5 Å². The summed E-state index contributed by atoms with van der Waals surface area (Å²) in [7, 11) is 0. The van der Waals surface area contributed by atoms with E-state index in [4.69, 9.17) is 65.4 Å². The largest absolute Gasteiger partial charge is 0.435 e. The Morgan fingerprint density at radius 1 is 0.604 bits per heavy atom. The Morgan fingerprint density at radius 2 is 0.917 bits per heavy atom. The molecule has 0 saturated carbocycles. The van der Waals surface area contributed by atoms with Crippen molar-refractivity contribution in [2.45, 2.75) is 52.6 Å². The van der Waals surface area contributed by atoms with Crippen LogP contribution in [0.1, 0.15) is 27.7 Å². The first-order valence-electron chi connectivity index (χ1n) is 14.3. The molecule has 258 valence electrons. The van der Waals surface area contributed by atoms with Gasteiger partial charge in [0, 0.05) is 36.0 Å². The number of carbonyl (C=O) groups excluding carboxylic acids is 6. The van der Waals surface area contributed by atoms with Crippen molar-refractivity contribution in [3.05, 3.63) is 56.5 Å². The number of halogens is 4. The molecule has 0 radical (unpaired) electrons. The van der Waals surface area contributed by atoms with Crippen LogP contribution >= 0.6 is 46.4 Å². The molecule has 2 heterocycles. The lowest BCUT2D eigenvalue weighted by atomic mass is 10.1. The van der Waals surface area contributed by atoms with E-state index >= 15 is 0 Å². The number of rotatable bonds is 11. The summed E-state index contributed by atoms with van der Waals surface area (Å²) in [6, 6.07) is 7.39. The maximum Gasteiger partial charge on any atom is 0.338 e. The summed E-state index contributed by atoms with van der Waals surface area (Å²) in [5.41, 5.74) is 0. The molecule has 4 atom stereocenters. The quantitative estimate of drug-likeness (QED) is 0.188. The Labute approximate surface area is 295 Å². The number of esters is 2. The van der Waals surface area contributed by atoms with Crippen LogP contribution in [0.15, 0.2) is 36.4 Å². The van der Waals surface area contributed by atoms with E-state index in [0.29, 0.717) is 19.8 Å². The highest BCUT2D eigenvalue weighted by atomic mass is 35.5. The number of nitrogens with zero attached hydrogens (tertiary/aromatic N) is 4. The van der Waals surface area contributed by atoms with E-state index in [1.54, 1.807) is 23.6 Å². The summed E-state index contributed by atoms with van der Waals surface area (Å²) >= 11 is 24.2. The van der Waals surface area contributed by atoms with Gasteiger partial charge in [-0.15, -0.1) is 0 Å². The monoisotopic (exact) mass is 746 g/mol. The molecule has 0 aliphatic carbocycles. The number of ether oxygens (including phenoxy) is 4. The van der Waals surface area contributed by atoms with Crippen LogP contribution in [0.2, 0.25) is 20.1 Å². The van der Waals surface area contributed by atoms with Gasteiger partial charge < -0.3 is 18.9 Å². The van der Waals surface area contributed by atoms with Gasteiger partial charge in [-0.3, -0.25) is 38.6 Å². The molecule has 2 aromatic rings. The first-order chi connectivity index (χ1) is 22.5. The van der Waals surface area contributed by atoms with Gasteiger partial charge >= 0.3 is 24.8 Å². The van der Waals surface area contributed by atoms with Crippen LogP contribution in [0.25, 0.3) is 0 Å². The molecular formula is C30H30Cl4N4O10. The van der Waals surface area contributed by atoms with E-state index in [1.807, 2.05) is 0 Å². The van der Waals surface area contributed by atoms with Gasteiger partial charge in [-0.2, -0.15) is 0 Å². The fraction of sp³-hybridized carbons (Fsp3) is 0.400. The maximum atomic E-state index is 13.3. The van der Waals surface area contributed by atoms with Crippen molar-refractivity contribution in [3.63, 3.8) is 0 Å². The number of piperazine rings is 2. The smallest absolute Gasteiger partial charge is 0.338 e. The zero-order valence-electron chi connectivity index (χ0n) is 26.0. The van der Waals surface area contributed by atoms with Gasteiger partial charge in [-0.1, -0.05) is 46.4 Å². The van der Waals surface area contributed by atoms with E-state index in [1.165, 1.54) is 36.4 Å². The van der Waals surface area contributed by atoms with Crippen molar-refractivity contribution in [1.29, 1.82) is 0 Å². The highest BCUT2D eigenvalue weighted by molar-refractivity contribution is 6.36. The van der Waals surface area contributed by atoms with E-state index in [0.717, 1.165) is 13.8 Å². The first-order valence-corrected chi connectivity index (χ1v) is 15.8. The minimum absolute atomic E-state index is 0.0171.